The topological polar surface area (TPSA) is 69.6 Å². The van der Waals surface area contributed by atoms with Crippen molar-refractivity contribution in [1.29, 1.82) is 0 Å². The molecule has 0 heterocycles. The minimum atomic E-state index is -0.869. The minimum Gasteiger partial charge on any atom is -0.394 e. The summed E-state index contributed by atoms with van der Waals surface area (Å²) in [5, 5.41) is 23.1. The molecule has 0 radical (unpaired) electrons. The molecule has 0 aromatic carbocycles. The number of carbonyl (C=O) groups excluding carboxylic acids is 1. The lowest BCUT2D eigenvalue weighted by Crippen LogP contribution is -2.45. The van der Waals surface area contributed by atoms with Crippen LogP contribution in [0.2, 0.25) is 0 Å². The molecule has 0 bridgehead atoms. The molecule has 0 aliphatic heterocycles. The van der Waals surface area contributed by atoms with Gasteiger partial charge >= 0.3 is 0 Å². The molecule has 1 amide bonds. The lowest BCUT2D eigenvalue weighted by molar-refractivity contribution is -0.123. The number of aliphatic hydroxyl groups excluding tert-OH is 2. The van der Waals surface area contributed by atoms with Crippen LogP contribution in [0.3, 0.4) is 0 Å². The number of rotatable bonds is 55. The monoisotopic (exact) mass is 936 g/mol. The SMILES string of the molecule is CCCCCC/C=C/CC/C=C/CC/C=C/C(O)C(CO)NC(=O)CCCCCCCCCCCCCCCCCCCCCCCCCCCCCCC/C=C\C/C=C\CCCCCCC. The van der Waals surface area contributed by atoms with Gasteiger partial charge in [0.05, 0.1) is 18.8 Å². The summed E-state index contributed by atoms with van der Waals surface area (Å²) >= 11 is 0. The number of allylic oxidation sites excluding steroid dienone is 9. The Morgan fingerprint density at radius 1 is 0.358 bits per heavy atom. The summed E-state index contributed by atoms with van der Waals surface area (Å²) in [6.45, 7) is 4.27. The van der Waals surface area contributed by atoms with Crippen LogP contribution in [0.4, 0.5) is 0 Å². The zero-order valence-electron chi connectivity index (χ0n) is 45.2. The molecule has 0 rings (SSSR count). The third-order valence-corrected chi connectivity index (χ3v) is 13.7. The molecular weight excluding hydrogens is 819 g/mol. The zero-order valence-corrected chi connectivity index (χ0v) is 45.2. The molecular formula is C63H117NO3. The van der Waals surface area contributed by atoms with E-state index in [1.807, 2.05) is 6.08 Å². The fraction of sp³-hybridized carbons (Fsp3) is 0.825. The Bertz CT molecular complexity index is 1110. The van der Waals surface area contributed by atoms with Gasteiger partial charge in [0.15, 0.2) is 0 Å². The highest BCUT2D eigenvalue weighted by Crippen LogP contribution is 2.17. The molecule has 0 fully saturated rings. The Balaban J connectivity index is 3.39. The summed E-state index contributed by atoms with van der Waals surface area (Å²) < 4.78 is 0. The van der Waals surface area contributed by atoms with E-state index >= 15 is 0 Å². The van der Waals surface area contributed by atoms with Crippen LogP contribution in [-0.4, -0.2) is 34.9 Å². The molecule has 0 saturated heterocycles. The predicted octanol–water partition coefficient (Wildman–Crippen LogP) is 20.0. The van der Waals surface area contributed by atoms with Crippen molar-refractivity contribution in [2.75, 3.05) is 6.61 Å². The van der Waals surface area contributed by atoms with Crippen LogP contribution >= 0.6 is 0 Å². The second-order valence-corrected chi connectivity index (χ2v) is 20.4. The first kappa shape index (κ1) is 65.1. The maximum atomic E-state index is 12.4. The van der Waals surface area contributed by atoms with E-state index in [0.29, 0.717) is 6.42 Å². The fourth-order valence-electron chi connectivity index (χ4n) is 9.13. The first-order valence-corrected chi connectivity index (χ1v) is 30.0. The average Bonchev–Trinajstić information content (AvgIpc) is 3.33. The van der Waals surface area contributed by atoms with Crippen LogP contribution in [0, 0.1) is 0 Å². The van der Waals surface area contributed by atoms with E-state index in [2.05, 4.69) is 67.8 Å². The lowest BCUT2D eigenvalue weighted by atomic mass is 10.0. The van der Waals surface area contributed by atoms with Crippen molar-refractivity contribution in [2.45, 2.75) is 328 Å². The van der Waals surface area contributed by atoms with Crippen LogP contribution in [0.5, 0.6) is 0 Å². The second-order valence-electron chi connectivity index (χ2n) is 20.4. The standard InChI is InChI=1S/C63H117NO3/c1-3-5-7-9-11-13-15-17-19-20-21-22-23-24-25-26-27-28-29-30-31-32-33-34-35-36-37-38-39-40-41-42-43-44-45-47-49-51-53-55-57-59-63(67)64-61(60-65)62(66)58-56-54-52-50-48-46-18-16-14-12-10-8-6-4-2/h14-17,20-21,48,50,56,58,61-62,65-66H,3-13,18-19,22-47,49,51-55,57,59-60H2,1-2H3,(H,64,67)/b16-14+,17-15-,21-20-,50-48+,58-56+. The Morgan fingerprint density at radius 3 is 0.970 bits per heavy atom. The normalized spacial score (nSPS) is 13.2. The van der Waals surface area contributed by atoms with Gasteiger partial charge in [-0.2, -0.15) is 0 Å². The summed E-state index contributed by atoms with van der Waals surface area (Å²) in [4.78, 5) is 12.4. The Labute approximate surface area is 419 Å². The molecule has 4 heteroatoms. The van der Waals surface area contributed by atoms with Gasteiger partial charge in [0.1, 0.15) is 0 Å². The van der Waals surface area contributed by atoms with Crippen LogP contribution < -0.4 is 5.32 Å². The van der Waals surface area contributed by atoms with Crippen LogP contribution in [0.1, 0.15) is 316 Å². The van der Waals surface area contributed by atoms with E-state index in [-0.39, 0.29) is 12.5 Å². The predicted molar refractivity (Wildman–Crippen MR) is 299 cm³/mol. The molecule has 0 aliphatic carbocycles. The number of carbonyl (C=O) groups is 1. The van der Waals surface area contributed by atoms with Gasteiger partial charge in [-0.15, -0.1) is 0 Å². The largest absolute Gasteiger partial charge is 0.394 e. The van der Waals surface area contributed by atoms with Crippen molar-refractivity contribution in [1.82, 2.24) is 5.32 Å². The van der Waals surface area contributed by atoms with Crippen LogP contribution in [0.15, 0.2) is 60.8 Å². The number of aliphatic hydroxyl groups is 2. The van der Waals surface area contributed by atoms with E-state index in [4.69, 9.17) is 0 Å². The van der Waals surface area contributed by atoms with Gasteiger partial charge in [0.2, 0.25) is 5.91 Å². The quantitative estimate of drug-likeness (QED) is 0.0420. The van der Waals surface area contributed by atoms with Gasteiger partial charge in [0.25, 0.3) is 0 Å². The average molecular weight is 937 g/mol. The van der Waals surface area contributed by atoms with Gasteiger partial charge in [-0.05, 0) is 77.0 Å². The number of nitrogens with one attached hydrogen (secondary N) is 1. The van der Waals surface area contributed by atoms with Crippen molar-refractivity contribution >= 4 is 5.91 Å². The van der Waals surface area contributed by atoms with Crippen LogP contribution in [0.25, 0.3) is 0 Å². The molecule has 3 N–H and O–H groups in total. The van der Waals surface area contributed by atoms with Gasteiger partial charge in [-0.25, -0.2) is 0 Å². The van der Waals surface area contributed by atoms with Crippen molar-refractivity contribution in [2.24, 2.45) is 0 Å². The molecule has 0 spiro atoms. The smallest absolute Gasteiger partial charge is 0.220 e. The summed E-state index contributed by atoms with van der Waals surface area (Å²) in [6, 6.07) is -0.644. The molecule has 2 atom stereocenters. The highest BCUT2D eigenvalue weighted by atomic mass is 16.3. The minimum absolute atomic E-state index is 0.0746. The summed E-state index contributed by atoms with van der Waals surface area (Å²) in [5.74, 6) is -0.0746. The third kappa shape index (κ3) is 54.9. The molecule has 2 unspecified atom stereocenters. The number of hydrogen-bond acceptors (Lipinski definition) is 3. The van der Waals surface area contributed by atoms with Gasteiger partial charge < -0.3 is 15.5 Å². The van der Waals surface area contributed by atoms with E-state index in [1.54, 1.807) is 6.08 Å². The first-order chi connectivity index (χ1) is 33.2. The molecule has 0 saturated carbocycles. The lowest BCUT2D eigenvalue weighted by Gasteiger charge is -2.19. The van der Waals surface area contributed by atoms with E-state index < -0.39 is 12.1 Å². The maximum absolute atomic E-state index is 12.4. The van der Waals surface area contributed by atoms with E-state index in [9.17, 15) is 15.0 Å². The molecule has 0 aromatic heterocycles. The highest BCUT2D eigenvalue weighted by molar-refractivity contribution is 5.76. The van der Waals surface area contributed by atoms with Gasteiger partial charge in [0, 0.05) is 6.42 Å². The first-order valence-electron chi connectivity index (χ1n) is 30.0. The van der Waals surface area contributed by atoms with E-state index in [0.717, 1.165) is 44.9 Å². The number of hydrogen-bond donors (Lipinski definition) is 3. The van der Waals surface area contributed by atoms with Crippen molar-refractivity contribution in [3.8, 4) is 0 Å². The summed E-state index contributed by atoms with van der Waals surface area (Å²) in [6.07, 6.45) is 82.8. The Hall–Kier alpha value is -1.91. The Kier molecular flexibility index (Phi) is 56.7. The molecule has 0 aliphatic rings. The fourth-order valence-corrected chi connectivity index (χ4v) is 9.13. The number of unbranched alkanes of at least 4 members (excludes halogenated alkanes) is 40. The third-order valence-electron chi connectivity index (χ3n) is 13.7. The number of amides is 1. The maximum Gasteiger partial charge on any atom is 0.220 e. The molecule has 4 nitrogen and oxygen atoms in total. The zero-order chi connectivity index (χ0) is 48.5. The molecule has 67 heavy (non-hydrogen) atoms. The van der Waals surface area contributed by atoms with Crippen molar-refractivity contribution in [3.05, 3.63) is 60.8 Å². The second kappa shape index (κ2) is 58.4. The Morgan fingerprint density at radius 2 is 0.627 bits per heavy atom. The van der Waals surface area contributed by atoms with Crippen molar-refractivity contribution in [3.63, 3.8) is 0 Å². The van der Waals surface area contributed by atoms with E-state index in [1.165, 1.54) is 250 Å². The summed E-state index contributed by atoms with van der Waals surface area (Å²) in [5.41, 5.74) is 0. The van der Waals surface area contributed by atoms with Gasteiger partial charge in [-0.3, -0.25) is 4.79 Å². The highest BCUT2D eigenvalue weighted by Gasteiger charge is 2.18. The molecule has 0 aromatic rings. The van der Waals surface area contributed by atoms with Gasteiger partial charge in [-0.1, -0.05) is 293 Å². The summed E-state index contributed by atoms with van der Waals surface area (Å²) in [7, 11) is 0. The van der Waals surface area contributed by atoms with Crippen molar-refractivity contribution < 1.29 is 15.0 Å². The van der Waals surface area contributed by atoms with Crippen LogP contribution in [-0.2, 0) is 4.79 Å². The molecule has 392 valence electrons.